The Labute approximate surface area is 76.8 Å². The molecule has 12 heavy (non-hydrogen) atoms. The molecule has 1 heteroatoms. The van der Waals surface area contributed by atoms with E-state index in [4.69, 9.17) is 0 Å². The standard InChI is InChI=1S/C11H17P/c1-11(2,3)12(4)10-8-6-5-7-9-10/h5-9H,1-4H3/t12-/m1/s1. The van der Waals surface area contributed by atoms with Crippen LogP contribution in [0.3, 0.4) is 0 Å². The molecule has 1 aromatic carbocycles. The molecule has 0 saturated heterocycles. The summed E-state index contributed by atoms with van der Waals surface area (Å²) in [7, 11) is -0.0167. The zero-order valence-corrected chi connectivity index (χ0v) is 9.23. The van der Waals surface area contributed by atoms with E-state index in [1.165, 1.54) is 5.30 Å². The van der Waals surface area contributed by atoms with Gasteiger partial charge in [0.2, 0.25) is 0 Å². The smallest absolute Gasteiger partial charge is 0.0142 e. The molecular formula is C11H17P. The van der Waals surface area contributed by atoms with Gasteiger partial charge in [-0.3, -0.25) is 0 Å². The quantitative estimate of drug-likeness (QED) is 0.582. The third-order valence-electron chi connectivity index (χ3n) is 2.15. The van der Waals surface area contributed by atoms with Crippen molar-refractivity contribution in [2.75, 3.05) is 6.66 Å². The molecule has 0 spiro atoms. The molecule has 0 unspecified atom stereocenters. The fourth-order valence-corrected chi connectivity index (χ4v) is 2.43. The molecule has 0 radical (unpaired) electrons. The van der Waals surface area contributed by atoms with E-state index < -0.39 is 0 Å². The molecule has 0 heterocycles. The molecule has 66 valence electrons. The number of benzene rings is 1. The van der Waals surface area contributed by atoms with Crippen LogP contribution in [0.5, 0.6) is 0 Å². The summed E-state index contributed by atoms with van der Waals surface area (Å²) >= 11 is 0. The topological polar surface area (TPSA) is 0 Å². The van der Waals surface area contributed by atoms with Crippen LogP contribution in [-0.4, -0.2) is 11.8 Å². The summed E-state index contributed by atoms with van der Waals surface area (Å²) in [4.78, 5) is 0. The number of hydrogen-bond acceptors (Lipinski definition) is 0. The lowest BCUT2D eigenvalue weighted by atomic mass is 10.3. The third-order valence-corrected chi connectivity index (χ3v) is 5.23. The van der Waals surface area contributed by atoms with Gasteiger partial charge in [-0.15, -0.1) is 0 Å². The van der Waals surface area contributed by atoms with Crippen LogP contribution in [0.1, 0.15) is 20.8 Å². The first-order chi connectivity index (χ1) is 5.52. The van der Waals surface area contributed by atoms with Crippen molar-refractivity contribution in [1.29, 1.82) is 0 Å². The van der Waals surface area contributed by atoms with Gasteiger partial charge in [0, 0.05) is 0 Å². The van der Waals surface area contributed by atoms with E-state index >= 15 is 0 Å². The fourth-order valence-electron chi connectivity index (χ4n) is 1.04. The Morgan fingerprint density at radius 1 is 1.00 bits per heavy atom. The van der Waals surface area contributed by atoms with Gasteiger partial charge < -0.3 is 0 Å². The van der Waals surface area contributed by atoms with Crippen molar-refractivity contribution in [1.82, 2.24) is 0 Å². The number of rotatable bonds is 1. The van der Waals surface area contributed by atoms with Gasteiger partial charge in [0.15, 0.2) is 0 Å². The van der Waals surface area contributed by atoms with Crippen LogP contribution in [0.25, 0.3) is 0 Å². The first-order valence-electron chi connectivity index (χ1n) is 4.31. The van der Waals surface area contributed by atoms with E-state index in [0.717, 1.165) is 0 Å². The van der Waals surface area contributed by atoms with E-state index in [9.17, 15) is 0 Å². The summed E-state index contributed by atoms with van der Waals surface area (Å²) in [5, 5.41) is 1.93. The van der Waals surface area contributed by atoms with Crippen LogP contribution < -0.4 is 5.30 Å². The maximum Gasteiger partial charge on any atom is -0.0142 e. The first-order valence-corrected chi connectivity index (χ1v) is 6.09. The van der Waals surface area contributed by atoms with Gasteiger partial charge in [-0.1, -0.05) is 59.0 Å². The van der Waals surface area contributed by atoms with E-state index in [-0.39, 0.29) is 7.92 Å². The molecule has 0 fully saturated rings. The number of hydrogen-bond donors (Lipinski definition) is 0. The van der Waals surface area contributed by atoms with Gasteiger partial charge in [0.25, 0.3) is 0 Å². The molecular weight excluding hydrogens is 163 g/mol. The van der Waals surface area contributed by atoms with Crippen LogP contribution in [0.15, 0.2) is 30.3 Å². The molecule has 0 aliphatic carbocycles. The molecule has 0 aromatic heterocycles. The van der Waals surface area contributed by atoms with Gasteiger partial charge >= 0.3 is 0 Å². The van der Waals surface area contributed by atoms with Gasteiger partial charge in [-0.25, -0.2) is 0 Å². The average molecular weight is 180 g/mol. The van der Waals surface area contributed by atoms with Gasteiger partial charge in [-0.05, 0) is 17.1 Å². The molecule has 0 bridgehead atoms. The van der Waals surface area contributed by atoms with Crippen molar-refractivity contribution < 1.29 is 0 Å². The average Bonchev–Trinajstić information content (AvgIpc) is 2.03. The van der Waals surface area contributed by atoms with E-state index in [1.54, 1.807) is 0 Å². The molecule has 0 aliphatic heterocycles. The molecule has 1 rings (SSSR count). The zero-order valence-electron chi connectivity index (χ0n) is 8.33. The molecule has 0 aliphatic rings. The predicted octanol–water partition coefficient (Wildman–Crippen LogP) is 3.22. The molecule has 0 nitrogen and oxygen atoms in total. The van der Waals surface area contributed by atoms with Crippen LogP contribution >= 0.6 is 7.92 Å². The lowest BCUT2D eigenvalue weighted by molar-refractivity contribution is 0.791. The van der Waals surface area contributed by atoms with Crippen molar-refractivity contribution in [2.24, 2.45) is 0 Å². The maximum atomic E-state index is 2.35. The Morgan fingerprint density at radius 3 is 1.92 bits per heavy atom. The lowest BCUT2D eigenvalue weighted by Crippen LogP contribution is -2.17. The Balaban J connectivity index is 2.86. The largest absolute Gasteiger partial charge is 0.0730 e. The highest BCUT2D eigenvalue weighted by Gasteiger charge is 2.20. The van der Waals surface area contributed by atoms with Crippen molar-refractivity contribution in [3.8, 4) is 0 Å². The van der Waals surface area contributed by atoms with Gasteiger partial charge in [-0.2, -0.15) is 0 Å². The lowest BCUT2D eigenvalue weighted by Gasteiger charge is -2.28. The maximum absolute atomic E-state index is 2.35. The summed E-state index contributed by atoms with van der Waals surface area (Å²) in [5.74, 6) is 0. The second kappa shape index (κ2) is 3.58. The molecule has 0 N–H and O–H groups in total. The second-order valence-electron chi connectivity index (χ2n) is 4.07. The Bertz CT molecular complexity index is 233. The third kappa shape index (κ3) is 2.32. The zero-order chi connectivity index (χ0) is 9.19. The van der Waals surface area contributed by atoms with E-state index in [2.05, 4.69) is 57.8 Å². The Kier molecular flexibility index (Phi) is 2.90. The Hall–Kier alpha value is -0.350. The van der Waals surface area contributed by atoms with Crippen molar-refractivity contribution in [3.05, 3.63) is 30.3 Å². The summed E-state index contributed by atoms with van der Waals surface area (Å²) in [6, 6.07) is 10.8. The molecule has 0 saturated carbocycles. The summed E-state index contributed by atoms with van der Waals surface area (Å²) in [6.45, 7) is 9.29. The predicted molar refractivity (Wildman–Crippen MR) is 58.7 cm³/mol. The van der Waals surface area contributed by atoms with E-state index in [1.807, 2.05) is 0 Å². The van der Waals surface area contributed by atoms with Crippen molar-refractivity contribution in [2.45, 2.75) is 25.9 Å². The van der Waals surface area contributed by atoms with Gasteiger partial charge in [0.1, 0.15) is 0 Å². The highest BCUT2D eigenvalue weighted by atomic mass is 31.1. The van der Waals surface area contributed by atoms with Crippen molar-refractivity contribution >= 4 is 13.2 Å². The monoisotopic (exact) mass is 180 g/mol. The Morgan fingerprint density at radius 2 is 1.50 bits per heavy atom. The SMILES string of the molecule is C[P@](c1ccccc1)C(C)(C)C. The summed E-state index contributed by atoms with van der Waals surface area (Å²) < 4.78 is 0. The highest BCUT2D eigenvalue weighted by molar-refractivity contribution is 7.66. The highest BCUT2D eigenvalue weighted by Crippen LogP contribution is 2.44. The normalized spacial score (nSPS) is 14.3. The summed E-state index contributed by atoms with van der Waals surface area (Å²) in [5.41, 5.74) is 0. The minimum absolute atomic E-state index is 0.0167. The molecule has 1 atom stereocenters. The van der Waals surface area contributed by atoms with E-state index in [0.29, 0.717) is 5.16 Å². The summed E-state index contributed by atoms with van der Waals surface area (Å²) in [6.07, 6.45) is 0. The first kappa shape index (κ1) is 9.74. The van der Waals surface area contributed by atoms with Crippen molar-refractivity contribution in [3.63, 3.8) is 0 Å². The van der Waals surface area contributed by atoms with Crippen LogP contribution in [0.4, 0.5) is 0 Å². The minimum atomic E-state index is -0.0167. The van der Waals surface area contributed by atoms with Crippen LogP contribution in [-0.2, 0) is 0 Å². The second-order valence-corrected chi connectivity index (χ2v) is 7.04. The van der Waals surface area contributed by atoms with Gasteiger partial charge in [0.05, 0.1) is 0 Å². The van der Waals surface area contributed by atoms with Crippen LogP contribution in [0, 0.1) is 0 Å². The van der Waals surface area contributed by atoms with Crippen LogP contribution in [0.2, 0.25) is 0 Å². The fraction of sp³-hybridized carbons (Fsp3) is 0.455. The molecule has 0 amide bonds. The molecule has 1 aromatic rings. The minimum Gasteiger partial charge on any atom is -0.0730 e.